The number of hydrogen-bond acceptors (Lipinski definition) is 4. The lowest BCUT2D eigenvalue weighted by atomic mass is 9.92. The molecule has 2 aliphatic rings. The number of nitrogens with zero attached hydrogens (tertiary/aromatic N) is 3. The van der Waals surface area contributed by atoms with E-state index in [0.29, 0.717) is 43.1 Å². The minimum Gasteiger partial charge on any atom is -0.342 e. The Kier molecular flexibility index (Phi) is 7.79. The summed E-state index contributed by atoms with van der Waals surface area (Å²) < 4.78 is 28.1. The van der Waals surface area contributed by atoms with E-state index < -0.39 is 10.0 Å². The lowest BCUT2D eigenvalue weighted by molar-refractivity contribution is -0.138. The van der Waals surface area contributed by atoms with E-state index in [1.165, 1.54) is 16.4 Å². The maximum atomic E-state index is 13.4. The molecular weight excluding hydrogens is 462 g/mol. The summed E-state index contributed by atoms with van der Waals surface area (Å²) in [5, 5.41) is 0. The van der Waals surface area contributed by atoms with Crippen LogP contribution in [-0.4, -0.2) is 62.8 Å². The molecule has 2 amide bonds. The van der Waals surface area contributed by atoms with E-state index in [4.69, 9.17) is 0 Å². The summed E-state index contributed by atoms with van der Waals surface area (Å²) in [6.07, 6.45) is 3.41. The summed E-state index contributed by atoms with van der Waals surface area (Å²) in [4.78, 5) is 30.0. The topological polar surface area (TPSA) is 78.0 Å². The Morgan fingerprint density at radius 2 is 1.51 bits per heavy atom. The van der Waals surface area contributed by atoms with E-state index in [1.54, 1.807) is 48.2 Å². The fourth-order valence-electron chi connectivity index (χ4n) is 5.00. The van der Waals surface area contributed by atoms with Crippen LogP contribution in [0.3, 0.4) is 0 Å². The molecule has 0 bridgehead atoms. The smallest absolute Gasteiger partial charge is 0.264 e. The van der Waals surface area contributed by atoms with Crippen LogP contribution >= 0.6 is 0 Å². The highest BCUT2D eigenvalue weighted by Gasteiger charge is 2.32. The van der Waals surface area contributed by atoms with Crippen LogP contribution in [0.5, 0.6) is 0 Å². The average molecular weight is 498 g/mol. The molecule has 0 radical (unpaired) electrons. The third-order valence-electron chi connectivity index (χ3n) is 7.23. The molecule has 35 heavy (non-hydrogen) atoms. The number of carbonyl (C=O) groups is 2. The molecule has 0 aromatic heterocycles. The van der Waals surface area contributed by atoms with Gasteiger partial charge >= 0.3 is 0 Å². The standard InChI is InChI=1S/C27H35N3O4S/c1-3-30(24-9-5-4-6-10-24)35(33,34)25-11-7-8-23(20-25)27(32)29-18-14-22(15-19-29)26(31)28-16-12-21(2)13-17-28/h4-11,20-22H,3,12-19H2,1-2H3. The zero-order chi connectivity index (χ0) is 25.0. The summed E-state index contributed by atoms with van der Waals surface area (Å²) >= 11 is 0. The molecule has 2 aliphatic heterocycles. The number of anilines is 1. The minimum absolute atomic E-state index is 0.0387. The van der Waals surface area contributed by atoms with E-state index in [0.717, 1.165) is 25.9 Å². The van der Waals surface area contributed by atoms with Crippen molar-refractivity contribution in [1.82, 2.24) is 9.80 Å². The van der Waals surface area contributed by atoms with E-state index in [1.807, 2.05) is 11.0 Å². The first-order valence-electron chi connectivity index (χ1n) is 12.6. The van der Waals surface area contributed by atoms with Gasteiger partial charge in [0.25, 0.3) is 15.9 Å². The fraction of sp³-hybridized carbons (Fsp3) is 0.481. The number of para-hydroxylation sites is 1. The van der Waals surface area contributed by atoms with E-state index >= 15 is 0 Å². The van der Waals surface area contributed by atoms with Crippen molar-refractivity contribution in [3.63, 3.8) is 0 Å². The molecule has 0 saturated carbocycles. The van der Waals surface area contributed by atoms with Gasteiger partial charge in [0, 0.05) is 44.2 Å². The quantitative estimate of drug-likeness (QED) is 0.604. The number of amides is 2. The van der Waals surface area contributed by atoms with Crippen molar-refractivity contribution in [2.45, 2.75) is 44.4 Å². The molecule has 0 unspecified atom stereocenters. The maximum Gasteiger partial charge on any atom is 0.264 e. The van der Waals surface area contributed by atoms with Crippen molar-refractivity contribution >= 4 is 27.5 Å². The number of rotatable bonds is 6. The molecule has 0 atom stereocenters. The second-order valence-electron chi connectivity index (χ2n) is 9.61. The van der Waals surface area contributed by atoms with Crippen LogP contribution in [0.1, 0.15) is 49.9 Å². The molecule has 2 aromatic carbocycles. The molecular formula is C27H35N3O4S. The molecule has 2 aromatic rings. The summed E-state index contributed by atoms with van der Waals surface area (Å²) in [6, 6.07) is 15.2. The van der Waals surface area contributed by atoms with Gasteiger partial charge < -0.3 is 9.80 Å². The van der Waals surface area contributed by atoms with Gasteiger partial charge in [0.1, 0.15) is 0 Å². The molecule has 2 fully saturated rings. The van der Waals surface area contributed by atoms with E-state index in [9.17, 15) is 18.0 Å². The third-order valence-corrected chi connectivity index (χ3v) is 9.13. The Morgan fingerprint density at radius 1 is 0.886 bits per heavy atom. The highest BCUT2D eigenvalue weighted by Crippen LogP contribution is 2.27. The predicted octanol–water partition coefficient (Wildman–Crippen LogP) is 4.01. The Labute approximate surface area is 208 Å². The molecule has 0 N–H and O–H groups in total. The van der Waals surface area contributed by atoms with Crippen molar-refractivity contribution in [1.29, 1.82) is 0 Å². The Balaban J connectivity index is 1.43. The number of likely N-dealkylation sites (tertiary alicyclic amines) is 2. The zero-order valence-electron chi connectivity index (χ0n) is 20.6. The summed E-state index contributed by atoms with van der Waals surface area (Å²) in [6.45, 7) is 6.96. The first kappa shape index (κ1) is 25.2. The lowest BCUT2D eigenvalue weighted by Crippen LogP contribution is -2.46. The van der Waals surface area contributed by atoms with Gasteiger partial charge in [0.05, 0.1) is 10.6 Å². The van der Waals surface area contributed by atoms with Gasteiger partial charge in [-0.05, 0) is 68.9 Å². The second-order valence-corrected chi connectivity index (χ2v) is 11.5. The van der Waals surface area contributed by atoms with Crippen molar-refractivity contribution in [2.24, 2.45) is 11.8 Å². The van der Waals surface area contributed by atoms with Gasteiger partial charge in [-0.3, -0.25) is 13.9 Å². The number of hydrogen-bond donors (Lipinski definition) is 0. The van der Waals surface area contributed by atoms with Gasteiger partial charge in [0.15, 0.2) is 0 Å². The van der Waals surface area contributed by atoms with Gasteiger partial charge in [0.2, 0.25) is 5.91 Å². The van der Waals surface area contributed by atoms with Crippen molar-refractivity contribution in [3.05, 3.63) is 60.2 Å². The summed E-state index contributed by atoms with van der Waals surface area (Å²) in [7, 11) is -3.81. The molecule has 188 valence electrons. The molecule has 2 saturated heterocycles. The van der Waals surface area contributed by atoms with Gasteiger partial charge in [-0.1, -0.05) is 31.2 Å². The molecule has 7 nitrogen and oxygen atoms in total. The lowest BCUT2D eigenvalue weighted by Gasteiger charge is -2.36. The Morgan fingerprint density at radius 3 is 2.14 bits per heavy atom. The number of benzene rings is 2. The van der Waals surface area contributed by atoms with Crippen LogP contribution in [-0.2, 0) is 14.8 Å². The van der Waals surface area contributed by atoms with Gasteiger partial charge in [-0.25, -0.2) is 8.42 Å². The highest BCUT2D eigenvalue weighted by atomic mass is 32.2. The highest BCUT2D eigenvalue weighted by molar-refractivity contribution is 7.92. The van der Waals surface area contributed by atoms with Crippen LogP contribution in [0.15, 0.2) is 59.5 Å². The Bertz CT molecular complexity index is 1140. The normalized spacial score (nSPS) is 17.9. The minimum atomic E-state index is -3.81. The number of carbonyl (C=O) groups excluding carboxylic acids is 2. The average Bonchev–Trinajstić information content (AvgIpc) is 2.89. The van der Waals surface area contributed by atoms with Crippen LogP contribution in [0.25, 0.3) is 0 Å². The molecule has 8 heteroatoms. The zero-order valence-corrected chi connectivity index (χ0v) is 21.4. The van der Waals surface area contributed by atoms with Gasteiger partial charge in [-0.15, -0.1) is 0 Å². The third kappa shape index (κ3) is 5.53. The second kappa shape index (κ2) is 10.8. The number of sulfonamides is 1. The van der Waals surface area contributed by atoms with Crippen LogP contribution in [0, 0.1) is 11.8 Å². The monoisotopic (exact) mass is 497 g/mol. The molecule has 0 aliphatic carbocycles. The SMILES string of the molecule is CCN(c1ccccc1)S(=O)(=O)c1cccc(C(=O)N2CCC(C(=O)N3CCC(C)CC3)CC2)c1. The van der Waals surface area contributed by atoms with Crippen molar-refractivity contribution in [3.8, 4) is 0 Å². The summed E-state index contributed by atoms with van der Waals surface area (Å²) in [5.41, 5.74) is 0.937. The molecule has 0 spiro atoms. The molecule has 2 heterocycles. The first-order valence-corrected chi connectivity index (χ1v) is 14.0. The largest absolute Gasteiger partial charge is 0.342 e. The van der Waals surface area contributed by atoms with Crippen molar-refractivity contribution in [2.75, 3.05) is 37.0 Å². The van der Waals surface area contributed by atoms with Crippen LogP contribution < -0.4 is 4.31 Å². The van der Waals surface area contributed by atoms with Crippen LogP contribution in [0.2, 0.25) is 0 Å². The van der Waals surface area contributed by atoms with Crippen molar-refractivity contribution < 1.29 is 18.0 Å². The number of piperidine rings is 2. The predicted molar refractivity (Wildman–Crippen MR) is 137 cm³/mol. The molecule has 4 rings (SSSR count). The van der Waals surface area contributed by atoms with Gasteiger partial charge in [-0.2, -0.15) is 0 Å². The Hall–Kier alpha value is -2.87. The van der Waals surface area contributed by atoms with E-state index in [2.05, 4.69) is 6.92 Å². The first-order chi connectivity index (χ1) is 16.8. The maximum absolute atomic E-state index is 13.4. The fourth-order valence-corrected chi connectivity index (χ4v) is 6.52. The van der Waals surface area contributed by atoms with E-state index in [-0.39, 0.29) is 29.2 Å². The summed E-state index contributed by atoms with van der Waals surface area (Å²) in [5.74, 6) is 0.665. The van der Waals surface area contributed by atoms with Crippen LogP contribution in [0.4, 0.5) is 5.69 Å².